The summed E-state index contributed by atoms with van der Waals surface area (Å²) in [6.07, 6.45) is -4.39. The number of hydrogen-bond donors (Lipinski definition) is 6. The number of carboxylic acid groups (broad SMARTS) is 2. The lowest BCUT2D eigenvalue weighted by Crippen LogP contribution is -2.42. The van der Waals surface area contributed by atoms with Crippen LogP contribution in [0.5, 0.6) is 5.88 Å². The number of aromatic nitrogens is 4. The molecule has 1 fully saturated rings. The molecule has 2 aromatic heterocycles. The third-order valence-electron chi connectivity index (χ3n) is 5.28. The molecule has 1 aliphatic rings. The number of carboxylic acids is 2. The Kier molecular flexibility index (Phi) is 8.43. The normalized spacial score (nSPS) is 24.3. The fourth-order valence-corrected chi connectivity index (χ4v) is 4.99. The van der Waals surface area contributed by atoms with Gasteiger partial charge in [0.1, 0.15) is 11.7 Å². The average Bonchev–Trinajstić information content (AvgIpc) is 3.29. The molecule has 7 N–H and O–H groups in total. The number of aliphatic carboxylic acids is 2. The summed E-state index contributed by atoms with van der Waals surface area (Å²) >= 11 is 0. The fraction of sp³-hybridized carbons (Fsp3) is 0.611. The van der Waals surface area contributed by atoms with Crippen LogP contribution in [0.1, 0.15) is 26.0 Å². The molecule has 0 aliphatic carbocycles. The van der Waals surface area contributed by atoms with Gasteiger partial charge in [-0.15, -0.1) is 0 Å². The van der Waals surface area contributed by atoms with Crippen molar-refractivity contribution in [1.82, 2.24) is 29.7 Å². The number of imidazole rings is 1. The van der Waals surface area contributed by atoms with Gasteiger partial charge in [0.2, 0.25) is 11.8 Å². The predicted octanol–water partition coefficient (Wildman–Crippen LogP) is -0.343. The van der Waals surface area contributed by atoms with Crippen LogP contribution in [-0.2, 0) is 23.4 Å². The van der Waals surface area contributed by atoms with Gasteiger partial charge < -0.3 is 35.1 Å². The van der Waals surface area contributed by atoms with Crippen LogP contribution in [0.25, 0.3) is 11.2 Å². The zero-order valence-electron chi connectivity index (χ0n) is 19.3. The summed E-state index contributed by atoms with van der Waals surface area (Å²) in [7, 11) is -2.67. The molecule has 16 nitrogen and oxygen atoms in total. The summed E-state index contributed by atoms with van der Waals surface area (Å²) in [5.41, 5.74) is 3.88. The van der Waals surface area contributed by atoms with Crippen LogP contribution in [0, 0.1) is 0 Å². The van der Waals surface area contributed by atoms with Crippen molar-refractivity contribution in [2.75, 3.05) is 32.5 Å². The van der Waals surface area contributed by atoms with Crippen molar-refractivity contribution in [1.29, 1.82) is 0 Å². The van der Waals surface area contributed by atoms with Gasteiger partial charge in [-0.1, -0.05) is 0 Å². The van der Waals surface area contributed by atoms with Gasteiger partial charge in [0.25, 0.3) is 0 Å². The first-order chi connectivity index (χ1) is 16.9. The van der Waals surface area contributed by atoms with Crippen LogP contribution in [0.3, 0.4) is 0 Å². The Bertz CT molecular complexity index is 1140. The van der Waals surface area contributed by atoms with Crippen molar-refractivity contribution in [2.45, 2.75) is 43.9 Å². The maximum atomic E-state index is 15.3. The molecule has 18 heteroatoms. The smallest absolute Gasteiger partial charge is 0.340 e. The van der Waals surface area contributed by atoms with Gasteiger partial charge in [0, 0.05) is 13.1 Å². The number of halogens is 1. The number of rotatable bonds is 13. The average molecular weight is 535 g/mol. The van der Waals surface area contributed by atoms with Gasteiger partial charge in [-0.25, -0.2) is 19.5 Å². The highest BCUT2D eigenvalue weighted by Crippen LogP contribution is 2.44. The molecule has 3 rings (SSSR count). The minimum atomic E-state index is -4.02. The standard InChI is InChI=1S/C18H27FN7O9P/c1-18(31)13(19)9(7-34-36(32,22-5-3-10(27)28)23-6-4-11(29)30)35-16(18)26-8-21-12-14(26)24-17(20)25-15(12)33-2/h8-9,13,16,31H,3-7H2,1-2H3,(H,27,28)(H,29,30)(H2,20,24,25)(H2,22,23,32)/t9-,13-,16-,18-/m1/s1. The van der Waals surface area contributed by atoms with Crippen molar-refractivity contribution in [3.05, 3.63) is 6.33 Å². The van der Waals surface area contributed by atoms with E-state index in [-0.39, 0.29) is 36.1 Å². The number of carbonyl (C=O) groups is 2. The quantitative estimate of drug-likeness (QED) is 0.180. The Labute approximate surface area is 203 Å². The summed E-state index contributed by atoms with van der Waals surface area (Å²) in [6.45, 7) is -0.00671. The highest BCUT2D eigenvalue weighted by Gasteiger charge is 2.55. The predicted molar refractivity (Wildman–Crippen MR) is 120 cm³/mol. The summed E-state index contributed by atoms with van der Waals surface area (Å²) in [5.74, 6) is -2.44. The first-order valence-corrected chi connectivity index (χ1v) is 12.2. The van der Waals surface area contributed by atoms with Gasteiger partial charge >= 0.3 is 19.6 Å². The maximum Gasteiger partial charge on any atom is 0.340 e. The molecule has 0 bridgehead atoms. The van der Waals surface area contributed by atoms with E-state index in [4.69, 9.17) is 29.9 Å². The number of alkyl halides is 1. The number of nitrogens with one attached hydrogen (secondary N) is 2. The summed E-state index contributed by atoms with van der Waals surface area (Å²) in [5, 5.41) is 33.3. The number of hydrogen-bond acceptors (Lipinski definition) is 11. The molecule has 200 valence electrons. The molecule has 4 atom stereocenters. The number of nitrogen functional groups attached to an aromatic ring is 1. The largest absolute Gasteiger partial charge is 0.481 e. The van der Waals surface area contributed by atoms with Crippen LogP contribution < -0.4 is 20.6 Å². The van der Waals surface area contributed by atoms with Crippen molar-refractivity contribution in [2.24, 2.45) is 0 Å². The first kappa shape index (κ1) is 27.6. The lowest BCUT2D eigenvalue weighted by atomic mass is 9.98. The topological polar surface area (TPSA) is 233 Å². The maximum absolute atomic E-state index is 15.3. The van der Waals surface area contributed by atoms with Crippen molar-refractivity contribution in [3.63, 3.8) is 0 Å². The van der Waals surface area contributed by atoms with E-state index in [9.17, 15) is 19.3 Å². The molecule has 3 heterocycles. The highest BCUT2D eigenvalue weighted by molar-refractivity contribution is 7.54. The van der Waals surface area contributed by atoms with Crippen molar-refractivity contribution in [3.8, 4) is 5.88 Å². The Morgan fingerprint density at radius 1 is 1.28 bits per heavy atom. The molecule has 0 spiro atoms. The number of nitrogens with two attached hydrogens (primary N) is 1. The van der Waals surface area contributed by atoms with E-state index >= 15 is 4.39 Å². The minimum Gasteiger partial charge on any atom is -0.481 e. The number of fused-ring (bicyclic) bond motifs is 1. The highest BCUT2D eigenvalue weighted by atomic mass is 31.2. The molecule has 0 unspecified atom stereocenters. The Morgan fingerprint density at radius 2 is 1.89 bits per heavy atom. The van der Waals surface area contributed by atoms with Gasteiger partial charge in [0.15, 0.2) is 23.6 Å². The van der Waals surface area contributed by atoms with E-state index in [0.717, 1.165) is 0 Å². The zero-order chi connectivity index (χ0) is 26.7. The Morgan fingerprint density at radius 3 is 2.44 bits per heavy atom. The fourth-order valence-electron chi connectivity index (χ4n) is 3.52. The second kappa shape index (κ2) is 11.0. The van der Waals surface area contributed by atoms with Crippen LogP contribution in [0.4, 0.5) is 10.3 Å². The third kappa shape index (κ3) is 6.05. The molecule has 1 saturated heterocycles. The van der Waals surface area contributed by atoms with Gasteiger partial charge in [-0.2, -0.15) is 9.97 Å². The number of anilines is 1. The van der Waals surface area contributed by atoms with Crippen LogP contribution in [-0.4, -0.2) is 91.5 Å². The van der Waals surface area contributed by atoms with Crippen LogP contribution in [0.15, 0.2) is 6.33 Å². The van der Waals surface area contributed by atoms with E-state index in [0.29, 0.717) is 0 Å². The summed E-state index contributed by atoms with van der Waals surface area (Å²) < 4.78 is 45.7. The van der Waals surface area contributed by atoms with E-state index in [2.05, 4.69) is 25.1 Å². The minimum absolute atomic E-state index is 0.0615. The van der Waals surface area contributed by atoms with Gasteiger partial charge in [-0.05, 0) is 6.92 Å². The van der Waals surface area contributed by atoms with Gasteiger partial charge in [0.05, 0.1) is 32.9 Å². The molecular formula is C18H27FN7O9P. The molecular weight excluding hydrogens is 508 g/mol. The van der Waals surface area contributed by atoms with Gasteiger partial charge in [-0.3, -0.25) is 18.7 Å². The second-order valence-corrected chi connectivity index (χ2v) is 10.0. The molecule has 1 aliphatic heterocycles. The van der Waals surface area contributed by atoms with Crippen LogP contribution in [0.2, 0.25) is 0 Å². The lowest BCUT2D eigenvalue weighted by molar-refractivity contribution is -0.137. The zero-order valence-corrected chi connectivity index (χ0v) is 20.2. The molecule has 0 radical (unpaired) electrons. The SMILES string of the molecule is COc1nc(N)nc2c1ncn2[C@@H]1O[C@H](COP(=O)(NCCC(=O)O)NCCC(=O)O)[C@@H](F)[C@@]1(C)O. The molecule has 2 aromatic rings. The molecule has 36 heavy (non-hydrogen) atoms. The van der Waals surface area contributed by atoms with E-state index in [1.807, 2.05) is 0 Å². The number of ether oxygens (including phenoxy) is 2. The van der Waals surface area contributed by atoms with Crippen molar-refractivity contribution < 1.29 is 47.9 Å². The first-order valence-electron chi connectivity index (χ1n) is 10.6. The third-order valence-corrected chi connectivity index (χ3v) is 7.07. The summed E-state index contributed by atoms with van der Waals surface area (Å²) in [4.78, 5) is 33.6. The molecule has 0 amide bonds. The van der Waals surface area contributed by atoms with E-state index in [1.165, 1.54) is 24.9 Å². The Balaban J connectivity index is 1.78. The lowest BCUT2D eigenvalue weighted by Gasteiger charge is -2.26. The van der Waals surface area contributed by atoms with Crippen molar-refractivity contribution >= 4 is 36.7 Å². The molecule has 0 saturated carbocycles. The second-order valence-electron chi connectivity index (χ2n) is 8.02. The molecule has 0 aromatic carbocycles. The number of methoxy groups -OCH3 is 1. The number of nitrogens with zero attached hydrogens (tertiary/aromatic N) is 4. The monoisotopic (exact) mass is 535 g/mol. The van der Waals surface area contributed by atoms with E-state index < -0.39 is 63.2 Å². The van der Waals surface area contributed by atoms with E-state index in [1.54, 1.807) is 0 Å². The summed E-state index contributed by atoms with van der Waals surface area (Å²) in [6, 6.07) is 0. The van der Waals surface area contributed by atoms with Crippen LogP contribution >= 0.6 is 7.67 Å². The Hall–Kier alpha value is -2.95. The number of aliphatic hydroxyl groups is 1.